The summed E-state index contributed by atoms with van der Waals surface area (Å²) in [4.78, 5) is 0. The van der Waals surface area contributed by atoms with E-state index < -0.39 is 23.6 Å². The molecule has 0 aliphatic carbocycles. The van der Waals surface area contributed by atoms with E-state index in [1.807, 2.05) is 6.92 Å². The average Bonchev–Trinajstić information content (AvgIpc) is 2.26. The van der Waals surface area contributed by atoms with Gasteiger partial charge >= 0.3 is 6.18 Å². The summed E-state index contributed by atoms with van der Waals surface area (Å²) in [5.41, 5.74) is 4.81. The molecule has 1 aromatic carbocycles. The Labute approximate surface area is 97.6 Å². The van der Waals surface area contributed by atoms with Gasteiger partial charge in [-0.15, -0.1) is 0 Å². The zero-order chi connectivity index (χ0) is 13.2. The molecule has 0 aromatic heterocycles. The minimum absolute atomic E-state index is 0.0748. The zero-order valence-electron chi connectivity index (χ0n) is 9.68. The van der Waals surface area contributed by atoms with Gasteiger partial charge in [0.1, 0.15) is 5.82 Å². The van der Waals surface area contributed by atoms with Crippen molar-refractivity contribution in [1.29, 1.82) is 0 Å². The minimum Gasteiger partial charge on any atom is -0.324 e. The summed E-state index contributed by atoms with van der Waals surface area (Å²) in [5, 5.41) is 0. The van der Waals surface area contributed by atoms with Crippen LogP contribution in [0.25, 0.3) is 0 Å². The number of alkyl halides is 3. The second-order valence-corrected chi connectivity index (χ2v) is 4.15. The lowest BCUT2D eigenvalue weighted by Gasteiger charge is -2.20. The molecular formula is C12H15F4N. The van der Waals surface area contributed by atoms with Crippen molar-refractivity contribution in [2.75, 3.05) is 0 Å². The maximum atomic E-state index is 13.5. The van der Waals surface area contributed by atoms with Gasteiger partial charge in [-0.1, -0.05) is 20.3 Å². The lowest BCUT2D eigenvalue weighted by atomic mass is 9.92. The van der Waals surface area contributed by atoms with E-state index in [9.17, 15) is 17.6 Å². The SMILES string of the molecule is CCC(C)C(N)c1cc(C(F)(F)F)ccc1F. The van der Waals surface area contributed by atoms with Crippen LogP contribution in [0.15, 0.2) is 18.2 Å². The molecule has 17 heavy (non-hydrogen) atoms. The highest BCUT2D eigenvalue weighted by atomic mass is 19.4. The van der Waals surface area contributed by atoms with Gasteiger partial charge in [0.2, 0.25) is 0 Å². The highest BCUT2D eigenvalue weighted by molar-refractivity contribution is 5.29. The molecule has 2 unspecified atom stereocenters. The summed E-state index contributed by atoms with van der Waals surface area (Å²) in [6.07, 6.45) is -3.80. The Balaban J connectivity index is 3.15. The average molecular weight is 249 g/mol. The number of halogens is 4. The molecule has 0 bridgehead atoms. The largest absolute Gasteiger partial charge is 0.416 e. The summed E-state index contributed by atoms with van der Waals surface area (Å²) in [5.74, 6) is -0.765. The highest BCUT2D eigenvalue weighted by Gasteiger charge is 2.32. The first-order valence-corrected chi connectivity index (χ1v) is 5.39. The summed E-state index contributed by atoms with van der Waals surface area (Å²) >= 11 is 0. The van der Waals surface area contributed by atoms with Crippen molar-refractivity contribution in [2.45, 2.75) is 32.5 Å². The number of rotatable bonds is 3. The van der Waals surface area contributed by atoms with Crippen molar-refractivity contribution in [3.63, 3.8) is 0 Å². The van der Waals surface area contributed by atoms with Crippen molar-refractivity contribution < 1.29 is 17.6 Å². The van der Waals surface area contributed by atoms with Crippen molar-refractivity contribution >= 4 is 0 Å². The standard InChI is InChI=1S/C12H15F4N/c1-3-7(2)11(17)9-6-8(12(14,15)16)4-5-10(9)13/h4-7,11H,3,17H2,1-2H3. The van der Waals surface area contributed by atoms with Gasteiger partial charge in [-0.05, 0) is 24.1 Å². The van der Waals surface area contributed by atoms with Gasteiger partial charge in [-0.3, -0.25) is 0 Å². The van der Waals surface area contributed by atoms with E-state index in [0.717, 1.165) is 18.2 Å². The predicted octanol–water partition coefficient (Wildman–Crippen LogP) is 3.89. The third-order valence-electron chi connectivity index (χ3n) is 2.94. The molecule has 0 amide bonds. The summed E-state index contributed by atoms with van der Waals surface area (Å²) < 4.78 is 50.9. The van der Waals surface area contributed by atoms with Crippen molar-refractivity contribution in [3.05, 3.63) is 35.1 Å². The molecule has 0 heterocycles. The van der Waals surface area contributed by atoms with Gasteiger partial charge in [-0.2, -0.15) is 13.2 Å². The third-order valence-corrected chi connectivity index (χ3v) is 2.94. The van der Waals surface area contributed by atoms with Crippen LogP contribution in [0.3, 0.4) is 0 Å². The first kappa shape index (κ1) is 14.0. The molecule has 0 aliphatic rings. The van der Waals surface area contributed by atoms with Crippen LogP contribution >= 0.6 is 0 Å². The topological polar surface area (TPSA) is 26.0 Å². The molecular weight excluding hydrogens is 234 g/mol. The quantitative estimate of drug-likeness (QED) is 0.808. The molecule has 0 fully saturated rings. The first-order chi connectivity index (χ1) is 7.77. The molecule has 0 spiro atoms. The molecule has 5 heteroatoms. The smallest absolute Gasteiger partial charge is 0.324 e. The lowest BCUT2D eigenvalue weighted by molar-refractivity contribution is -0.137. The van der Waals surface area contributed by atoms with E-state index >= 15 is 0 Å². The fourth-order valence-corrected chi connectivity index (χ4v) is 1.54. The van der Waals surface area contributed by atoms with Crippen molar-refractivity contribution in [1.82, 2.24) is 0 Å². The highest BCUT2D eigenvalue weighted by Crippen LogP contribution is 2.33. The number of hydrogen-bond donors (Lipinski definition) is 1. The lowest BCUT2D eigenvalue weighted by Crippen LogP contribution is -2.20. The van der Waals surface area contributed by atoms with Gasteiger partial charge < -0.3 is 5.73 Å². The fraction of sp³-hybridized carbons (Fsp3) is 0.500. The van der Waals surface area contributed by atoms with Crippen LogP contribution in [0.2, 0.25) is 0 Å². The summed E-state index contributed by atoms with van der Waals surface area (Å²) in [6, 6.07) is 1.62. The monoisotopic (exact) mass is 249 g/mol. The first-order valence-electron chi connectivity index (χ1n) is 5.39. The zero-order valence-corrected chi connectivity index (χ0v) is 9.68. The van der Waals surface area contributed by atoms with Crippen LogP contribution in [0, 0.1) is 11.7 Å². The van der Waals surface area contributed by atoms with E-state index in [-0.39, 0.29) is 11.5 Å². The van der Waals surface area contributed by atoms with E-state index in [1.165, 1.54) is 0 Å². The molecule has 0 saturated heterocycles. The second-order valence-electron chi connectivity index (χ2n) is 4.15. The van der Waals surface area contributed by atoms with E-state index in [4.69, 9.17) is 5.73 Å². The maximum absolute atomic E-state index is 13.5. The van der Waals surface area contributed by atoms with Gasteiger partial charge in [-0.25, -0.2) is 4.39 Å². The summed E-state index contributed by atoms with van der Waals surface area (Å²) in [7, 11) is 0. The molecule has 0 saturated carbocycles. The van der Waals surface area contributed by atoms with Crippen LogP contribution in [-0.2, 0) is 6.18 Å². The van der Waals surface area contributed by atoms with Crippen molar-refractivity contribution in [2.24, 2.45) is 11.7 Å². The van der Waals surface area contributed by atoms with E-state index in [2.05, 4.69) is 0 Å². The molecule has 1 aromatic rings. The second kappa shape index (κ2) is 5.04. The van der Waals surface area contributed by atoms with E-state index in [1.54, 1.807) is 6.92 Å². The Morgan fingerprint density at radius 2 is 1.88 bits per heavy atom. The minimum atomic E-state index is -4.47. The van der Waals surface area contributed by atoms with Crippen LogP contribution in [0.1, 0.15) is 37.4 Å². The molecule has 1 rings (SSSR count). The Hall–Kier alpha value is -1.10. The van der Waals surface area contributed by atoms with Gasteiger partial charge in [0, 0.05) is 11.6 Å². The van der Waals surface area contributed by atoms with Gasteiger partial charge in [0.15, 0.2) is 0 Å². The van der Waals surface area contributed by atoms with Gasteiger partial charge in [0.25, 0.3) is 0 Å². The number of nitrogens with two attached hydrogens (primary N) is 1. The van der Waals surface area contributed by atoms with Crippen LogP contribution in [0.4, 0.5) is 17.6 Å². The normalized spacial score (nSPS) is 15.7. The third kappa shape index (κ3) is 3.19. The Kier molecular flexibility index (Phi) is 4.14. The molecule has 96 valence electrons. The fourth-order valence-electron chi connectivity index (χ4n) is 1.54. The molecule has 2 atom stereocenters. The summed E-state index contributed by atoms with van der Waals surface area (Å²) in [6.45, 7) is 3.64. The molecule has 1 nitrogen and oxygen atoms in total. The Bertz CT molecular complexity index is 387. The molecule has 0 radical (unpaired) electrons. The van der Waals surface area contributed by atoms with Crippen LogP contribution in [-0.4, -0.2) is 0 Å². The predicted molar refractivity (Wildman–Crippen MR) is 57.8 cm³/mol. The van der Waals surface area contributed by atoms with E-state index in [0.29, 0.717) is 6.42 Å². The van der Waals surface area contributed by atoms with Crippen LogP contribution < -0.4 is 5.73 Å². The maximum Gasteiger partial charge on any atom is 0.416 e. The van der Waals surface area contributed by atoms with Gasteiger partial charge in [0.05, 0.1) is 5.56 Å². The number of benzene rings is 1. The number of hydrogen-bond acceptors (Lipinski definition) is 1. The Morgan fingerprint density at radius 1 is 1.29 bits per heavy atom. The Morgan fingerprint density at radius 3 is 2.35 bits per heavy atom. The van der Waals surface area contributed by atoms with Crippen LogP contribution in [0.5, 0.6) is 0 Å². The molecule has 0 aliphatic heterocycles. The molecule has 2 N–H and O–H groups in total. The van der Waals surface area contributed by atoms with Crippen molar-refractivity contribution in [3.8, 4) is 0 Å².